The smallest absolute Gasteiger partial charge is 0.244 e. The van der Waals surface area contributed by atoms with E-state index >= 15 is 0 Å². The predicted octanol–water partition coefficient (Wildman–Crippen LogP) is 4.15. The Hall–Kier alpha value is -3.40. The van der Waals surface area contributed by atoms with Crippen molar-refractivity contribution in [3.63, 3.8) is 0 Å². The van der Waals surface area contributed by atoms with Crippen molar-refractivity contribution in [2.24, 2.45) is 0 Å². The number of likely N-dealkylation sites (N-methyl/N-ethyl adjacent to an activating group) is 1. The molecule has 0 atom stereocenters. The summed E-state index contributed by atoms with van der Waals surface area (Å²) < 4.78 is 11.7. The van der Waals surface area contributed by atoms with Crippen molar-refractivity contribution in [2.75, 3.05) is 38.7 Å². The van der Waals surface area contributed by atoms with Crippen LogP contribution in [0.25, 0.3) is 10.9 Å². The summed E-state index contributed by atoms with van der Waals surface area (Å²) in [4.78, 5) is 10.7. The zero-order chi connectivity index (χ0) is 23.2. The fourth-order valence-corrected chi connectivity index (χ4v) is 3.38. The molecular formula is C23H25ClN6O3. The van der Waals surface area contributed by atoms with E-state index in [1.165, 1.54) is 0 Å². The van der Waals surface area contributed by atoms with Gasteiger partial charge in [-0.3, -0.25) is 10.1 Å². The summed E-state index contributed by atoms with van der Waals surface area (Å²) in [6.07, 6.45) is 3.34. The van der Waals surface area contributed by atoms with Gasteiger partial charge in [0.1, 0.15) is 29.3 Å². The SMILES string of the molecule is Cc1ccc(Oc2ccc(Nc3nccc4[nH]nc(OCCN(C)CCO)c34)cc2Cl)cn1. The molecule has 0 aliphatic heterocycles. The number of aromatic nitrogens is 4. The van der Waals surface area contributed by atoms with Crippen LogP contribution in [-0.2, 0) is 0 Å². The topological polar surface area (TPSA) is 108 Å². The van der Waals surface area contributed by atoms with Crippen molar-refractivity contribution in [3.8, 4) is 17.4 Å². The zero-order valence-corrected chi connectivity index (χ0v) is 19.1. The minimum atomic E-state index is 0.105. The van der Waals surface area contributed by atoms with Crippen LogP contribution in [0, 0.1) is 6.92 Å². The van der Waals surface area contributed by atoms with Gasteiger partial charge in [-0.25, -0.2) is 4.98 Å². The summed E-state index contributed by atoms with van der Waals surface area (Å²) in [7, 11) is 1.92. The molecule has 3 heterocycles. The molecule has 4 rings (SSSR count). The molecule has 3 N–H and O–H groups in total. The Labute approximate surface area is 196 Å². The minimum Gasteiger partial charge on any atom is -0.475 e. The summed E-state index contributed by atoms with van der Waals surface area (Å²) in [6.45, 7) is 3.69. The molecule has 4 aromatic rings. The third kappa shape index (κ3) is 5.70. The van der Waals surface area contributed by atoms with E-state index in [9.17, 15) is 0 Å². The van der Waals surface area contributed by atoms with Crippen molar-refractivity contribution >= 4 is 34.0 Å². The lowest BCUT2D eigenvalue weighted by Crippen LogP contribution is -2.27. The van der Waals surface area contributed by atoms with Gasteiger partial charge in [-0.05, 0) is 50.4 Å². The van der Waals surface area contributed by atoms with Crippen LogP contribution in [0.4, 0.5) is 11.5 Å². The van der Waals surface area contributed by atoms with E-state index in [4.69, 9.17) is 26.2 Å². The number of fused-ring (bicyclic) bond motifs is 1. The molecule has 0 radical (unpaired) electrons. The first kappa shape index (κ1) is 22.8. The van der Waals surface area contributed by atoms with Crippen molar-refractivity contribution in [3.05, 3.63) is 59.5 Å². The number of aliphatic hydroxyl groups excluding tert-OH is 1. The lowest BCUT2D eigenvalue weighted by Gasteiger charge is -2.15. The minimum absolute atomic E-state index is 0.105. The molecule has 0 amide bonds. The summed E-state index contributed by atoms with van der Waals surface area (Å²) in [6, 6.07) is 11.0. The first-order valence-electron chi connectivity index (χ1n) is 10.5. The van der Waals surface area contributed by atoms with Gasteiger partial charge in [0.05, 0.1) is 23.3 Å². The highest BCUT2D eigenvalue weighted by atomic mass is 35.5. The standard InChI is InChI=1S/C23H25ClN6O3/c1-15-3-5-17(14-26-15)33-20-6-4-16(13-18(20)24)27-22-21-19(7-8-25-22)28-29-23(21)32-12-10-30(2)9-11-31/h3-8,13-14,31H,9-12H2,1-2H3,(H,25,27)(H,28,29). The number of H-pyrrole nitrogens is 1. The Morgan fingerprint density at radius 1 is 1.15 bits per heavy atom. The van der Waals surface area contributed by atoms with Crippen molar-refractivity contribution in [1.29, 1.82) is 0 Å². The Morgan fingerprint density at radius 3 is 2.79 bits per heavy atom. The first-order valence-corrected chi connectivity index (χ1v) is 10.8. The maximum Gasteiger partial charge on any atom is 0.244 e. The number of hydrogen-bond donors (Lipinski definition) is 3. The molecule has 0 bridgehead atoms. The van der Waals surface area contributed by atoms with Gasteiger partial charge in [0, 0.05) is 30.7 Å². The second-order valence-electron chi connectivity index (χ2n) is 7.49. The van der Waals surface area contributed by atoms with Crippen LogP contribution in [0.3, 0.4) is 0 Å². The summed E-state index contributed by atoms with van der Waals surface area (Å²) in [5.41, 5.74) is 2.45. The highest BCUT2D eigenvalue weighted by molar-refractivity contribution is 6.32. The molecule has 1 aromatic carbocycles. The van der Waals surface area contributed by atoms with Gasteiger partial charge in [0.15, 0.2) is 0 Å². The average molecular weight is 469 g/mol. The second-order valence-corrected chi connectivity index (χ2v) is 7.90. The molecule has 0 aliphatic rings. The Balaban J connectivity index is 1.49. The average Bonchev–Trinajstić information content (AvgIpc) is 3.21. The fourth-order valence-electron chi connectivity index (χ4n) is 3.16. The van der Waals surface area contributed by atoms with Crippen molar-refractivity contribution < 1.29 is 14.6 Å². The number of aromatic amines is 1. The van der Waals surface area contributed by atoms with Gasteiger partial charge in [-0.1, -0.05) is 11.6 Å². The Kier molecular flexibility index (Phi) is 7.23. The van der Waals surface area contributed by atoms with Crippen LogP contribution in [0.15, 0.2) is 48.8 Å². The number of rotatable bonds is 10. The molecule has 0 spiro atoms. The molecule has 0 fully saturated rings. The summed E-state index contributed by atoms with van der Waals surface area (Å²) >= 11 is 6.46. The van der Waals surface area contributed by atoms with E-state index in [0.717, 1.165) is 22.3 Å². The number of halogens is 1. The molecule has 10 heteroatoms. The molecule has 33 heavy (non-hydrogen) atoms. The molecule has 0 saturated heterocycles. The number of pyridine rings is 2. The van der Waals surface area contributed by atoms with Gasteiger partial charge < -0.3 is 24.8 Å². The number of ether oxygens (including phenoxy) is 2. The maximum atomic E-state index is 9.02. The predicted molar refractivity (Wildman–Crippen MR) is 128 cm³/mol. The summed E-state index contributed by atoms with van der Waals surface area (Å²) in [5.74, 6) is 2.18. The van der Waals surface area contributed by atoms with Crippen molar-refractivity contribution in [1.82, 2.24) is 25.1 Å². The van der Waals surface area contributed by atoms with Crippen LogP contribution < -0.4 is 14.8 Å². The number of benzene rings is 1. The number of anilines is 2. The number of nitrogens with one attached hydrogen (secondary N) is 2. The van der Waals surface area contributed by atoms with E-state index in [1.807, 2.05) is 43.1 Å². The van der Waals surface area contributed by atoms with Crippen LogP contribution in [0.1, 0.15) is 5.69 Å². The van der Waals surface area contributed by atoms with Crippen molar-refractivity contribution in [2.45, 2.75) is 6.92 Å². The van der Waals surface area contributed by atoms with E-state index in [1.54, 1.807) is 24.5 Å². The molecule has 3 aromatic heterocycles. The quantitative estimate of drug-likeness (QED) is 0.318. The second kappa shape index (κ2) is 10.5. The zero-order valence-electron chi connectivity index (χ0n) is 18.4. The molecule has 9 nitrogen and oxygen atoms in total. The number of nitrogens with zero attached hydrogens (tertiary/aromatic N) is 4. The number of hydrogen-bond acceptors (Lipinski definition) is 8. The Bertz CT molecular complexity index is 1210. The van der Waals surface area contributed by atoms with Gasteiger partial charge in [-0.15, -0.1) is 5.10 Å². The van der Waals surface area contributed by atoms with Gasteiger partial charge in [0.25, 0.3) is 0 Å². The third-order valence-electron chi connectivity index (χ3n) is 4.94. The van der Waals surface area contributed by atoms with E-state index in [-0.39, 0.29) is 6.61 Å². The molecule has 0 aliphatic carbocycles. The van der Waals surface area contributed by atoms with Crippen LogP contribution >= 0.6 is 11.6 Å². The molecule has 0 unspecified atom stereocenters. The molecular weight excluding hydrogens is 444 g/mol. The van der Waals surface area contributed by atoms with E-state index < -0.39 is 0 Å². The number of aryl methyl sites for hydroxylation is 1. The first-order chi connectivity index (χ1) is 16.0. The Morgan fingerprint density at radius 2 is 2.03 bits per heavy atom. The third-order valence-corrected chi connectivity index (χ3v) is 5.24. The molecule has 0 saturated carbocycles. The highest BCUT2D eigenvalue weighted by Gasteiger charge is 2.14. The van der Waals surface area contributed by atoms with Crippen LogP contribution in [0.2, 0.25) is 5.02 Å². The molecule has 172 valence electrons. The van der Waals surface area contributed by atoms with Gasteiger partial charge >= 0.3 is 0 Å². The fraction of sp³-hybridized carbons (Fsp3) is 0.261. The monoisotopic (exact) mass is 468 g/mol. The van der Waals surface area contributed by atoms with Crippen LogP contribution in [-0.4, -0.2) is 63.5 Å². The van der Waals surface area contributed by atoms with E-state index in [0.29, 0.717) is 47.9 Å². The van der Waals surface area contributed by atoms with Gasteiger partial charge in [0.2, 0.25) is 5.88 Å². The van der Waals surface area contributed by atoms with E-state index in [2.05, 4.69) is 25.5 Å². The lowest BCUT2D eigenvalue weighted by molar-refractivity contribution is 0.191. The largest absolute Gasteiger partial charge is 0.475 e. The normalized spacial score (nSPS) is 11.2. The summed E-state index contributed by atoms with van der Waals surface area (Å²) in [5, 5.41) is 20.7. The maximum absolute atomic E-state index is 9.02. The number of aliphatic hydroxyl groups is 1. The lowest BCUT2D eigenvalue weighted by atomic mass is 10.2. The highest BCUT2D eigenvalue weighted by Crippen LogP contribution is 2.34. The van der Waals surface area contributed by atoms with Crippen LogP contribution in [0.5, 0.6) is 17.4 Å². The van der Waals surface area contributed by atoms with Gasteiger partial charge in [-0.2, -0.15) is 0 Å².